The molecule has 11 heteroatoms. The fourth-order valence-electron chi connectivity index (χ4n) is 2.44. The van der Waals surface area contributed by atoms with E-state index in [0.29, 0.717) is 29.2 Å². The molecule has 0 fully saturated rings. The van der Waals surface area contributed by atoms with Gasteiger partial charge in [0.15, 0.2) is 0 Å². The van der Waals surface area contributed by atoms with Crippen molar-refractivity contribution < 1.29 is 40.6 Å². The molecule has 1 amide bonds. The van der Waals surface area contributed by atoms with Crippen molar-refractivity contribution in [3.8, 4) is 11.5 Å². The molecule has 0 aliphatic rings. The Bertz CT molecular complexity index is 935. The normalized spacial score (nSPS) is 12.5. The molecule has 0 heterocycles. The van der Waals surface area contributed by atoms with E-state index >= 15 is 0 Å². The summed E-state index contributed by atoms with van der Waals surface area (Å²) in [5, 5.41) is 3.76. The van der Waals surface area contributed by atoms with E-state index < -0.39 is 35.0 Å². The number of amides is 1. The topological polar surface area (TPSA) is 59.9 Å². The van der Waals surface area contributed by atoms with Crippen LogP contribution in [0.25, 0.3) is 0 Å². The Hall–Kier alpha value is -3.24. The number of hydrazone groups is 1. The standard InChI is InChI=1S/C19H16F6N2O3/c1-10(15-9-14(29-2)4-5-16(15)30-3)26-27-17(28)11-6-12(18(20,21)22)8-13(7-11)19(23,24)25/h4-9H,1-3H3,(H,27,28)/b26-10-. The van der Waals surface area contributed by atoms with Crippen LogP contribution in [0.4, 0.5) is 26.3 Å². The lowest BCUT2D eigenvalue weighted by Gasteiger charge is -2.14. The number of methoxy groups -OCH3 is 2. The summed E-state index contributed by atoms with van der Waals surface area (Å²) in [7, 11) is 2.81. The molecule has 5 nitrogen and oxygen atoms in total. The zero-order valence-electron chi connectivity index (χ0n) is 15.9. The number of nitrogens with zero attached hydrogens (tertiary/aromatic N) is 1. The van der Waals surface area contributed by atoms with Crippen molar-refractivity contribution in [2.24, 2.45) is 5.10 Å². The number of ether oxygens (including phenoxy) is 2. The monoisotopic (exact) mass is 434 g/mol. The van der Waals surface area contributed by atoms with Crippen molar-refractivity contribution in [1.29, 1.82) is 0 Å². The van der Waals surface area contributed by atoms with E-state index in [1.807, 2.05) is 5.43 Å². The van der Waals surface area contributed by atoms with Crippen LogP contribution >= 0.6 is 0 Å². The molecule has 0 saturated carbocycles. The third-order valence-electron chi connectivity index (χ3n) is 3.97. The minimum Gasteiger partial charge on any atom is -0.497 e. The zero-order valence-corrected chi connectivity index (χ0v) is 15.9. The second-order valence-corrected chi connectivity index (χ2v) is 6.00. The van der Waals surface area contributed by atoms with Gasteiger partial charge in [-0.2, -0.15) is 31.4 Å². The number of hydrogen-bond acceptors (Lipinski definition) is 4. The van der Waals surface area contributed by atoms with E-state index in [1.54, 1.807) is 12.1 Å². The minimum absolute atomic E-state index is 0.0631. The van der Waals surface area contributed by atoms with Crippen molar-refractivity contribution >= 4 is 11.6 Å². The van der Waals surface area contributed by atoms with Gasteiger partial charge in [-0.05, 0) is 43.3 Å². The van der Waals surface area contributed by atoms with Gasteiger partial charge in [-0.25, -0.2) is 5.43 Å². The van der Waals surface area contributed by atoms with Gasteiger partial charge >= 0.3 is 12.4 Å². The van der Waals surface area contributed by atoms with Crippen LogP contribution in [0, 0.1) is 0 Å². The van der Waals surface area contributed by atoms with Gasteiger partial charge in [0.2, 0.25) is 0 Å². The van der Waals surface area contributed by atoms with Crippen molar-refractivity contribution in [2.45, 2.75) is 19.3 Å². The number of nitrogens with one attached hydrogen (secondary N) is 1. The second kappa shape index (κ2) is 8.64. The van der Waals surface area contributed by atoms with Crippen LogP contribution in [-0.4, -0.2) is 25.8 Å². The highest BCUT2D eigenvalue weighted by Gasteiger charge is 2.37. The van der Waals surface area contributed by atoms with Crippen LogP contribution in [0.3, 0.4) is 0 Å². The Balaban J connectivity index is 2.38. The first kappa shape index (κ1) is 23.0. The molecule has 0 atom stereocenters. The SMILES string of the molecule is COc1ccc(OC)c(/C(C)=N\NC(=O)c2cc(C(F)(F)F)cc(C(F)(F)F)c2)c1. The Morgan fingerprint density at radius 1 is 0.900 bits per heavy atom. The molecular formula is C19H16F6N2O3. The molecule has 30 heavy (non-hydrogen) atoms. The zero-order chi connectivity index (χ0) is 22.7. The van der Waals surface area contributed by atoms with Crippen LogP contribution in [0.2, 0.25) is 0 Å². The maximum absolute atomic E-state index is 12.9. The third-order valence-corrected chi connectivity index (χ3v) is 3.97. The highest BCUT2D eigenvalue weighted by molar-refractivity contribution is 6.03. The molecule has 0 bridgehead atoms. The van der Waals surface area contributed by atoms with E-state index in [9.17, 15) is 31.1 Å². The smallest absolute Gasteiger partial charge is 0.416 e. The highest BCUT2D eigenvalue weighted by atomic mass is 19.4. The van der Waals surface area contributed by atoms with Gasteiger partial charge in [-0.1, -0.05) is 0 Å². The fraction of sp³-hybridized carbons (Fsp3) is 0.263. The Kier molecular flexibility index (Phi) is 6.63. The van der Waals surface area contributed by atoms with E-state index in [1.165, 1.54) is 27.2 Å². The summed E-state index contributed by atoms with van der Waals surface area (Å²) in [4.78, 5) is 12.2. The van der Waals surface area contributed by atoms with Gasteiger partial charge in [0.1, 0.15) is 11.5 Å². The summed E-state index contributed by atoms with van der Waals surface area (Å²) < 4.78 is 87.9. The van der Waals surface area contributed by atoms with Crippen LogP contribution in [-0.2, 0) is 12.4 Å². The molecule has 2 rings (SSSR count). The molecule has 2 aromatic carbocycles. The van der Waals surface area contributed by atoms with E-state index in [-0.39, 0.29) is 11.8 Å². The summed E-state index contributed by atoms with van der Waals surface area (Å²) in [5.74, 6) is -0.433. The number of halogens is 6. The Morgan fingerprint density at radius 3 is 1.93 bits per heavy atom. The molecule has 0 spiro atoms. The Morgan fingerprint density at radius 2 is 1.47 bits per heavy atom. The molecule has 0 unspecified atom stereocenters. The number of alkyl halides is 6. The van der Waals surface area contributed by atoms with Gasteiger partial charge in [-0.3, -0.25) is 4.79 Å². The summed E-state index contributed by atoms with van der Waals surface area (Å²) in [6.07, 6.45) is -10.1. The van der Waals surface area contributed by atoms with Crippen molar-refractivity contribution in [3.05, 3.63) is 58.7 Å². The van der Waals surface area contributed by atoms with E-state index in [0.717, 1.165) is 0 Å². The van der Waals surface area contributed by atoms with Gasteiger partial charge in [0.25, 0.3) is 5.91 Å². The molecule has 162 valence electrons. The van der Waals surface area contributed by atoms with Gasteiger partial charge < -0.3 is 9.47 Å². The largest absolute Gasteiger partial charge is 0.497 e. The average molecular weight is 434 g/mol. The molecule has 2 aromatic rings. The summed E-state index contributed by atoms with van der Waals surface area (Å²) in [5.41, 5.74) is -1.50. The maximum Gasteiger partial charge on any atom is 0.416 e. The lowest BCUT2D eigenvalue weighted by Crippen LogP contribution is -2.21. The van der Waals surface area contributed by atoms with Crippen LogP contribution in [0.15, 0.2) is 41.5 Å². The van der Waals surface area contributed by atoms with Gasteiger partial charge in [0.05, 0.1) is 31.1 Å². The average Bonchev–Trinajstić information content (AvgIpc) is 2.69. The molecule has 0 aliphatic carbocycles. The van der Waals surface area contributed by atoms with Crippen molar-refractivity contribution in [1.82, 2.24) is 5.43 Å². The molecule has 0 aliphatic heterocycles. The van der Waals surface area contributed by atoms with E-state index in [4.69, 9.17) is 9.47 Å². The van der Waals surface area contributed by atoms with Gasteiger partial charge in [-0.15, -0.1) is 0 Å². The van der Waals surface area contributed by atoms with E-state index in [2.05, 4.69) is 5.10 Å². The van der Waals surface area contributed by atoms with Crippen LogP contribution in [0.5, 0.6) is 11.5 Å². The number of benzene rings is 2. The fourth-order valence-corrected chi connectivity index (χ4v) is 2.44. The minimum atomic E-state index is -5.07. The molecule has 0 aromatic heterocycles. The summed E-state index contributed by atoms with van der Waals surface area (Å²) >= 11 is 0. The van der Waals surface area contributed by atoms with Crippen LogP contribution in [0.1, 0.15) is 34.0 Å². The number of carbonyl (C=O) groups excluding carboxylic acids is 1. The number of carbonyl (C=O) groups is 1. The number of hydrogen-bond donors (Lipinski definition) is 1. The van der Waals surface area contributed by atoms with Crippen molar-refractivity contribution in [3.63, 3.8) is 0 Å². The highest BCUT2D eigenvalue weighted by Crippen LogP contribution is 2.36. The van der Waals surface area contributed by atoms with Crippen LogP contribution < -0.4 is 14.9 Å². The molecule has 0 saturated heterocycles. The Labute approximate surface area is 167 Å². The lowest BCUT2D eigenvalue weighted by molar-refractivity contribution is -0.143. The summed E-state index contributed by atoms with van der Waals surface area (Å²) in [6, 6.07) is 5.29. The predicted molar refractivity (Wildman–Crippen MR) is 95.7 cm³/mol. The van der Waals surface area contributed by atoms with Gasteiger partial charge in [0, 0.05) is 11.1 Å². The first-order valence-corrected chi connectivity index (χ1v) is 8.23. The lowest BCUT2D eigenvalue weighted by atomic mass is 10.0. The predicted octanol–water partition coefficient (Wildman–Crippen LogP) is 4.90. The quantitative estimate of drug-likeness (QED) is 0.414. The first-order valence-electron chi connectivity index (χ1n) is 8.23. The molecule has 1 N–H and O–H groups in total. The first-order chi connectivity index (χ1) is 13.9. The van der Waals surface area contributed by atoms with Crippen molar-refractivity contribution in [2.75, 3.05) is 14.2 Å². The molecule has 0 radical (unpaired) electrons. The second-order valence-electron chi connectivity index (χ2n) is 6.00. The number of rotatable bonds is 5. The molecular weight excluding hydrogens is 418 g/mol. The maximum atomic E-state index is 12.9. The third kappa shape index (κ3) is 5.43. The summed E-state index contributed by atoms with van der Waals surface area (Å²) in [6.45, 7) is 1.46.